The van der Waals surface area contributed by atoms with Gasteiger partial charge in [0.05, 0.1) is 0 Å². The molecule has 0 aromatic carbocycles. The normalized spacial score (nSPS) is 10.2. The van der Waals surface area contributed by atoms with Crippen LogP contribution in [0.15, 0.2) is 0 Å². The third-order valence-corrected chi connectivity index (χ3v) is 0. The Morgan fingerprint density at radius 3 is 0.235 bits per heavy atom. The number of rotatable bonds is 0. The Morgan fingerprint density at radius 2 is 0.235 bits per heavy atom. The Balaban J connectivity index is -0.00000000973. The van der Waals surface area contributed by atoms with E-state index < -0.39 is 62.4 Å². The van der Waals surface area contributed by atoms with Gasteiger partial charge in [-0.25, -0.2) is 0 Å². The summed E-state index contributed by atoms with van der Waals surface area (Å²) in [5, 5.41) is 0. The molecule has 0 atom stereocenters. The maximum Gasteiger partial charge on any atom is 2.00 e. The summed E-state index contributed by atoms with van der Waals surface area (Å²) >= 11 is 0. The summed E-state index contributed by atoms with van der Waals surface area (Å²) in [5.74, 6) is 0. The Kier molecular flexibility index (Phi) is 61.3. The first-order valence-corrected chi connectivity index (χ1v) is 12.6. The first kappa shape index (κ1) is 67.1. The summed E-state index contributed by atoms with van der Waals surface area (Å²) in [6, 6.07) is 0. The standard InChI is InChI=1S/6H2O4S.4Sr.8H/c6*1-5(2,3)4;;;;;;;;;;;;/h6*(H2,1,2,3,4);;;;;;;;;;;;/q;;;;;;4*+2;8*-1. The first-order chi connectivity index (χ1) is 12.0. The molecule has 0 fully saturated rings. The molecule has 0 heterocycles. The molecule has 24 nitrogen and oxygen atoms in total. The molecule has 0 radical (unpaired) electrons. The van der Waals surface area contributed by atoms with Gasteiger partial charge >= 0.3 is 244 Å². The van der Waals surface area contributed by atoms with Gasteiger partial charge in [-0.15, -0.1) is 0 Å². The van der Waals surface area contributed by atoms with Crippen LogP contribution < -0.4 is 0 Å². The van der Waals surface area contributed by atoms with Gasteiger partial charge < -0.3 is 11.4 Å². The van der Waals surface area contributed by atoms with E-state index in [0.717, 1.165) is 0 Å². The van der Waals surface area contributed by atoms with Gasteiger partial charge in [-0.1, -0.05) is 0 Å². The Bertz CT molecular complexity index is 801. The minimum Gasteiger partial charge on any atom is -1.00 e. The second kappa shape index (κ2) is 31.1. The van der Waals surface area contributed by atoms with E-state index in [1.807, 2.05) is 0 Å². The van der Waals surface area contributed by atoms with Gasteiger partial charge in [0.2, 0.25) is 0 Å². The van der Waals surface area contributed by atoms with Gasteiger partial charge in [-0.2, -0.15) is 50.5 Å². The molecule has 0 rings (SSSR count). The van der Waals surface area contributed by atoms with E-state index in [0.29, 0.717) is 0 Å². The van der Waals surface area contributed by atoms with Crippen molar-refractivity contribution in [3.05, 3.63) is 0 Å². The van der Waals surface area contributed by atoms with Crippen LogP contribution in [0.1, 0.15) is 11.4 Å². The fourth-order valence-electron chi connectivity index (χ4n) is 0. The molecule has 0 spiro atoms. The average Bonchev–Trinajstić information content (AvgIpc) is 1.94. The van der Waals surface area contributed by atoms with Crippen molar-refractivity contribution in [3.63, 3.8) is 0 Å². The van der Waals surface area contributed by atoms with Crippen LogP contribution in [0.4, 0.5) is 0 Å². The van der Waals surface area contributed by atoms with E-state index in [2.05, 4.69) is 0 Å². The van der Waals surface area contributed by atoms with E-state index in [1.165, 1.54) is 0 Å². The predicted molar refractivity (Wildman–Crippen MR) is 117 cm³/mol. The molecule has 0 aliphatic rings. The minimum atomic E-state index is -4.67. The second-order valence-electron chi connectivity index (χ2n) is 2.69. The zero-order valence-electron chi connectivity index (χ0n) is 23.5. The summed E-state index contributed by atoms with van der Waals surface area (Å²) < 4.78 is 190. The fraction of sp³-hybridized carbons (Fsp3) is 0. The summed E-state index contributed by atoms with van der Waals surface area (Å²) in [6.45, 7) is 0. The zero-order valence-corrected chi connectivity index (χ0v) is 34.3. The molecule has 34 heteroatoms. The van der Waals surface area contributed by atoms with Crippen molar-refractivity contribution >= 4 is 244 Å². The van der Waals surface area contributed by atoms with Crippen LogP contribution in [-0.4, -0.2) is 287 Å². The van der Waals surface area contributed by atoms with Gasteiger partial charge in [0.1, 0.15) is 0 Å². The maximum absolute atomic E-state index is 8.74. The topological polar surface area (TPSA) is 448 Å². The van der Waals surface area contributed by atoms with E-state index >= 15 is 0 Å². The zero-order chi connectivity index (χ0) is 27.0. The Hall–Kier alpha value is 5.14. The van der Waals surface area contributed by atoms with Gasteiger partial charge in [0.15, 0.2) is 0 Å². The van der Waals surface area contributed by atoms with E-state index in [-0.39, 0.29) is 193 Å². The monoisotopic (exact) mass is 947 g/mol. The molecule has 208 valence electrons. The molecule has 0 bridgehead atoms. The molecule has 0 saturated heterocycles. The van der Waals surface area contributed by atoms with Crippen LogP contribution in [0, 0.1) is 0 Å². The molecule has 34 heavy (non-hydrogen) atoms. The van der Waals surface area contributed by atoms with Crippen molar-refractivity contribution in [2.75, 3.05) is 0 Å². The van der Waals surface area contributed by atoms with E-state index in [4.69, 9.17) is 105 Å². The SMILES string of the molecule is O=S(=O)(O)O.O=S(=O)(O)O.O=S(=O)(O)O.O=S(=O)(O)O.O=S(=O)(O)O.O=S(=O)(O)O.[H-].[H-].[H-].[H-].[H-].[H-].[H-].[H-].[Sr+2].[Sr+2].[Sr+2].[Sr+2]. The molecular formula is H20O24S6Sr4. The molecule has 0 aromatic rings. The van der Waals surface area contributed by atoms with Crippen LogP contribution in [-0.2, 0) is 62.4 Å². The van der Waals surface area contributed by atoms with Crippen molar-refractivity contribution in [1.29, 1.82) is 0 Å². The van der Waals surface area contributed by atoms with Gasteiger partial charge in [-0.05, 0) is 0 Å². The summed E-state index contributed by atoms with van der Waals surface area (Å²) in [7, 11) is -28.0. The molecule has 0 aliphatic carbocycles. The van der Waals surface area contributed by atoms with Crippen LogP contribution in [0.25, 0.3) is 0 Å². The third kappa shape index (κ3) is 1830. The van der Waals surface area contributed by atoms with Crippen molar-refractivity contribution in [1.82, 2.24) is 0 Å². The molecule has 0 saturated carbocycles. The van der Waals surface area contributed by atoms with Gasteiger partial charge in [0, 0.05) is 0 Å². The molecule has 0 unspecified atom stereocenters. The first-order valence-electron chi connectivity index (χ1n) is 4.19. The van der Waals surface area contributed by atoms with Crippen molar-refractivity contribution in [3.8, 4) is 0 Å². The van der Waals surface area contributed by atoms with Crippen LogP contribution in [0.2, 0.25) is 0 Å². The molecule has 0 amide bonds. The molecule has 0 aromatic heterocycles. The van der Waals surface area contributed by atoms with E-state index in [1.54, 1.807) is 0 Å². The smallest absolute Gasteiger partial charge is 1.00 e. The van der Waals surface area contributed by atoms with Crippen LogP contribution in [0.5, 0.6) is 0 Å². The molecule has 12 N–H and O–H groups in total. The summed E-state index contributed by atoms with van der Waals surface area (Å²) in [6.07, 6.45) is 0. The fourth-order valence-corrected chi connectivity index (χ4v) is 0. The van der Waals surface area contributed by atoms with Gasteiger partial charge in [-0.3, -0.25) is 54.6 Å². The van der Waals surface area contributed by atoms with Crippen molar-refractivity contribution in [2.24, 2.45) is 0 Å². The second-order valence-corrected chi connectivity index (χ2v) is 8.06. The Labute approximate surface area is 353 Å². The number of hydrogen-bond acceptors (Lipinski definition) is 12. The molecular weight excluding hydrogens is 927 g/mol. The summed E-state index contributed by atoms with van der Waals surface area (Å²) in [5.41, 5.74) is 0. The number of hydrogen-bond donors (Lipinski definition) is 12. The Morgan fingerprint density at radius 1 is 0.235 bits per heavy atom. The predicted octanol–water partition coefficient (Wildman–Crippen LogP) is -4.54. The van der Waals surface area contributed by atoms with Gasteiger partial charge in [0.25, 0.3) is 0 Å². The minimum absolute atomic E-state index is 0. The quantitative estimate of drug-likeness (QED) is 0.0804. The van der Waals surface area contributed by atoms with Crippen LogP contribution >= 0.6 is 0 Å². The summed E-state index contributed by atoms with van der Waals surface area (Å²) in [4.78, 5) is 0. The average molecular weight is 947 g/mol. The van der Waals surface area contributed by atoms with Crippen molar-refractivity contribution in [2.45, 2.75) is 0 Å². The molecule has 0 aliphatic heterocycles. The third-order valence-electron chi connectivity index (χ3n) is 0. The largest absolute Gasteiger partial charge is 2.00 e. The van der Waals surface area contributed by atoms with Crippen molar-refractivity contribution < 1.29 is 117 Å². The maximum atomic E-state index is 8.74. The van der Waals surface area contributed by atoms with E-state index in [9.17, 15) is 0 Å². The van der Waals surface area contributed by atoms with Crippen LogP contribution in [0.3, 0.4) is 0 Å².